The molecular formula is C33H55NO5S2. The first-order valence-electron chi connectivity index (χ1n) is 16.0. The minimum absolute atomic E-state index is 0.178. The summed E-state index contributed by atoms with van der Waals surface area (Å²) in [4.78, 5) is -0.178. The summed E-state index contributed by atoms with van der Waals surface area (Å²) < 4.78 is 45.3. The lowest BCUT2D eigenvalue weighted by Crippen LogP contribution is -2.29. The summed E-state index contributed by atoms with van der Waals surface area (Å²) >= 11 is 1.75. The van der Waals surface area contributed by atoms with Crippen LogP contribution in [0.1, 0.15) is 115 Å². The molecule has 41 heavy (non-hydrogen) atoms. The van der Waals surface area contributed by atoms with Gasteiger partial charge in [-0.15, -0.1) is 0 Å². The smallest absolute Gasteiger partial charge is 0.224 e. The van der Waals surface area contributed by atoms with Gasteiger partial charge in [0.25, 0.3) is 0 Å². The molecule has 0 aliphatic carbocycles. The van der Waals surface area contributed by atoms with Crippen LogP contribution in [-0.4, -0.2) is 38.9 Å². The maximum absolute atomic E-state index is 10.4. The number of nitrogens with zero attached hydrogens (tertiary/aromatic N) is 1. The quantitative estimate of drug-likeness (QED) is 0.0809. The Balaban J connectivity index is 0.000000446. The maximum atomic E-state index is 10.4. The van der Waals surface area contributed by atoms with E-state index in [-0.39, 0.29) is 4.90 Å². The second kappa shape index (κ2) is 22.3. The summed E-state index contributed by atoms with van der Waals surface area (Å²) in [6.45, 7) is 7.84. The van der Waals surface area contributed by atoms with Crippen LogP contribution in [0.5, 0.6) is 0 Å². The lowest BCUT2D eigenvalue weighted by atomic mass is 9.97. The zero-order valence-electron chi connectivity index (χ0n) is 25.6. The summed E-state index contributed by atoms with van der Waals surface area (Å²) in [6, 6.07) is 5.78. The maximum Gasteiger partial charge on any atom is 0.224 e. The monoisotopic (exact) mass is 609 g/mol. The van der Waals surface area contributed by atoms with Gasteiger partial charge in [-0.3, -0.25) is 0 Å². The topological polar surface area (TPSA) is 79.5 Å². The van der Waals surface area contributed by atoms with Crippen molar-refractivity contribution in [3.05, 3.63) is 46.9 Å². The lowest BCUT2D eigenvalue weighted by Gasteiger charge is -2.10. The van der Waals surface area contributed by atoms with E-state index in [9.17, 15) is 13.0 Å². The highest BCUT2D eigenvalue weighted by Gasteiger charge is 2.25. The molecule has 1 saturated heterocycles. The van der Waals surface area contributed by atoms with Crippen LogP contribution in [0, 0.1) is 12.8 Å². The molecular weight excluding hydrogens is 554 g/mol. The molecule has 0 unspecified atom stereocenters. The molecule has 0 radical (unpaired) electrons. The number of hydrogen-bond donors (Lipinski definition) is 0. The Bertz CT molecular complexity index is 980. The highest BCUT2D eigenvalue weighted by atomic mass is 32.2. The molecule has 2 heterocycles. The van der Waals surface area contributed by atoms with Crippen LogP contribution >= 0.6 is 11.3 Å². The van der Waals surface area contributed by atoms with E-state index >= 15 is 0 Å². The normalized spacial score (nSPS) is 17.0. The van der Waals surface area contributed by atoms with Crippen molar-refractivity contribution in [1.29, 1.82) is 0 Å². The van der Waals surface area contributed by atoms with E-state index < -0.39 is 10.1 Å². The van der Waals surface area contributed by atoms with Crippen molar-refractivity contribution in [2.24, 2.45) is 5.92 Å². The Morgan fingerprint density at radius 2 is 1.56 bits per heavy atom. The molecule has 0 bridgehead atoms. The summed E-state index contributed by atoms with van der Waals surface area (Å²) in [5.41, 5.74) is 3.10. The Morgan fingerprint density at radius 1 is 0.927 bits per heavy atom. The fourth-order valence-electron chi connectivity index (χ4n) is 5.18. The first-order valence-corrected chi connectivity index (χ1v) is 18.4. The fraction of sp³-hybridized carbons (Fsp3) is 0.727. The molecule has 1 aliphatic heterocycles. The molecule has 2 aromatic rings. The number of thiazole rings is 1. The van der Waals surface area contributed by atoms with Gasteiger partial charge in [0.1, 0.15) is 16.7 Å². The summed E-state index contributed by atoms with van der Waals surface area (Å²) in [6.07, 6.45) is 24.6. The number of hydrogen-bond acceptors (Lipinski definition) is 6. The number of benzene rings is 1. The van der Waals surface area contributed by atoms with Gasteiger partial charge in [-0.25, -0.2) is 8.42 Å². The minimum Gasteiger partial charge on any atom is -0.744 e. The third kappa shape index (κ3) is 18.1. The van der Waals surface area contributed by atoms with Gasteiger partial charge in [0.2, 0.25) is 5.51 Å². The Labute approximate surface area is 254 Å². The van der Waals surface area contributed by atoms with Gasteiger partial charge in [-0.2, -0.15) is 4.57 Å². The fourth-order valence-corrected chi connectivity index (χ4v) is 6.28. The molecule has 8 heteroatoms. The molecule has 0 N–H and O–H groups in total. The molecule has 234 valence electrons. The van der Waals surface area contributed by atoms with Crippen LogP contribution in [0.2, 0.25) is 0 Å². The van der Waals surface area contributed by atoms with E-state index in [0.717, 1.165) is 44.3 Å². The number of aryl methyl sites for hydroxylation is 2. The van der Waals surface area contributed by atoms with Crippen LogP contribution in [0.4, 0.5) is 0 Å². The van der Waals surface area contributed by atoms with Crippen molar-refractivity contribution in [2.75, 3.05) is 19.8 Å². The zero-order valence-corrected chi connectivity index (χ0v) is 27.3. The molecule has 0 amide bonds. The molecule has 0 saturated carbocycles. The average molecular weight is 610 g/mol. The van der Waals surface area contributed by atoms with Crippen LogP contribution in [0.25, 0.3) is 0 Å². The highest BCUT2D eigenvalue weighted by molar-refractivity contribution is 7.85. The molecule has 1 fully saturated rings. The van der Waals surface area contributed by atoms with Gasteiger partial charge >= 0.3 is 0 Å². The van der Waals surface area contributed by atoms with Crippen molar-refractivity contribution in [1.82, 2.24) is 0 Å². The molecule has 1 aliphatic rings. The SMILES string of the molecule is CCCCCCCCCCCCCC[C@@H]1CO[C@@H](COCCCC[n+]2ccsc2)C1.Cc1ccc(S(=O)(=O)[O-])cc1. The van der Waals surface area contributed by atoms with Crippen molar-refractivity contribution in [2.45, 2.75) is 134 Å². The van der Waals surface area contributed by atoms with E-state index in [1.807, 2.05) is 6.92 Å². The third-order valence-corrected chi connectivity index (χ3v) is 9.25. The lowest BCUT2D eigenvalue weighted by molar-refractivity contribution is -0.692. The van der Waals surface area contributed by atoms with Crippen molar-refractivity contribution >= 4 is 21.5 Å². The van der Waals surface area contributed by atoms with Gasteiger partial charge in [0.15, 0.2) is 6.20 Å². The van der Waals surface area contributed by atoms with Crippen LogP contribution in [0.15, 0.2) is 46.2 Å². The van der Waals surface area contributed by atoms with Gasteiger partial charge in [-0.1, -0.05) is 113 Å². The number of unbranched alkanes of at least 4 members (excludes halogenated alkanes) is 12. The van der Waals surface area contributed by atoms with E-state index in [4.69, 9.17) is 9.47 Å². The summed E-state index contributed by atoms with van der Waals surface area (Å²) in [5, 5.41) is 2.13. The zero-order chi connectivity index (χ0) is 29.6. The largest absolute Gasteiger partial charge is 0.744 e. The van der Waals surface area contributed by atoms with E-state index in [2.05, 4.69) is 28.6 Å². The summed E-state index contributed by atoms with van der Waals surface area (Å²) in [7, 11) is -4.27. The molecule has 1 aromatic heterocycles. The molecule has 0 spiro atoms. The van der Waals surface area contributed by atoms with E-state index in [0.29, 0.717) is 6.10 Å². The van der Waals surface area contributed by atoms with Crippen LogP contribution in [-0.2, 0) is 26.1 Å². The van der Waals surface area contributed by atoms with Gasteiger partial charge in [0.05, 0.1) is 23.0 Å². The Kier molecular flexibility index (Phi) is 19.5. The van der Waals surface area contributed by atoms with Crippen molar-refractivity contribution < 1.29 is 27.0 Å². The molecule has 3 rings (SSSR count). The minimum atomic E-state index is -4.27. The van der Waals surface area contributed by atoms with E-state index in [1.54, 1.807) is 23.5 Å². The van der Waals surface area contributed by atoms with Crippen LogP contribution < -0.4 is 4.57 Å². The predicted molar refractivity (Wildman–Crippen MR) is 167 cm³/mol. The van der Waals surface area contributed by atoms with Crippen molar-refractivity contribution in [3.63, 3.8) is 0 Å². The number of ether oxygens (including phenoxy) is 2. The first-order chi connectivity index (χ1) is 19.9. The number of aromatic nitrogens is 1. The summed E-state index contributed by atoms with van der Waals surface area (Å²) in [5.74, 6) is 0.775. The van der Waals surface area contributed by atoms with Crippen LogP contribution in [0.3, 0.4) is 0 Å². The molecule has 2 atom stereocenters. The second-order valence-corrected chi connectivity index (χ2v) is 13.7. The molecule has 6 nitrogen and oxygen atoms in total. The van der Waals surface area contributed by atoms with E-state index in [1.165, 1.54) is 108 Å². The number of rotatable bonds is 21. The highest BCUT2D eigenvalue weighted by Crippen LogP contribution is 2.25. The third-order valence-electron chi connectivity index (χ3n) is 7.73. The second-order valence-electron chi connectivity index (χ2n) is 11.5. The average Bonchev–Trinajstić information content (AvgIpc) is 3.64. The standard InChI is InChI=1S/C26H48NO2S.C7H8O3S/c1-2-3-4-5-6-7-8-9-10-11-12-13-16-25-21-26(29-22-25)23-28-19-15-14-17-27-18-20-30-24-27;1-6-2-4-7(5-3-6)11(8,9)10/h18,20,24-26H,2-17,19,21-23H2,1H3;2-5H,1H3,(H,8,9,10)/q+1;/p-1/t25-,26+;/m0./s1. The van der Waals surface area contributed by atoms with Crippen molar-refractivity contribution in [3.8, 4) is 0 Å². The Morgan fingerprint density at radius 3 is 2.15 bits per heavy atom. The predicted octanol–water partition coefficient (Wildman–Crippen LogP) is 8.23. The van der Waals surface area contributed by atoms with Gasteiger partial charge < -0.3 is 14.0 Å². The van der Waals surface area contributed by atoms with Gasteiger partial charge in [0, 0.05) is 19.6 Å². The Hall–Kier alpha value is -1.32. The molecule has 1 aromatic carbocycles. The van der Waals surface area contributed by atoms with Gasteiger partial charge in [-0.05, 0) is 44.2 Å². The first kappa shape index (κ1) is 35.9.